The Morgan fingerprint density at radius 2 is 1.72 bits per heavy atom. The van der Waals surface area contributed by atoms with Crippen molar-refractivity contribution in [3.05, 3.63) is 77.3 Å². The summed E-state index contributed by atoms with van der Waals surface area (Å²) in [4.78, 5) is 12.0. The van der Waals surface area contributed by atoms with Crippen LogP contribution in [0.5, 0.6) is 0 Å². The molecule has 0 saturated heterocycles. The van der Waals surface area contributed by atoms with Crippen molar-refractivity contribution in [2.45, 2.75) is 12.8 Å². The monoisotopic (exact) mass is 347 g/mol. The van der Waals surface area contributed by atoms with Gasteiger partial charge >= 0.3 is 11.8 Å². The lowest BCUT2D eigenvalue weighted by Gasteiger charge is -2.04. The molecule has 1 aromatic heterocycles. The number of aromatic nitrogens is 2. The summed E-state index contributed by atoms with van der Waals surface area (Å²) in [6, 6.07) is 11.2. The number of hydrogen-bond acceptors (Lipinski definition) is 4. The van der Waals surface area contributed by atoms with E-state index in [0.717, 1.165) is 11.6 Å². The fourth-order valence-corrected chi connectivity index (χ4v) is 2.14. The molecule has 5 nitrogen and oxygen atoms in total. The molecule has 0 atom stereocenters. The van der Waals surface area contributed by atoms with E-state index in [1.165, 1.54) is 0 Å². The normalized spacial score (nSPS) is 10.7. The highest BCUT2D eigenvalue weighted by molar-refractivity contribution is 6.00. The van der Waals surface area contributed by atoms with Gasteiger partial charge in [0.1, 0.15) is 0 Å². The van der Waals surface area contributed by atoms with Crippen molar-refractivity contribution in [3.8, 4) is 0 Å². The predicted octanol–water partition coefficient (Wildman–Crippen LogP) is 3.52. The number of rotatable bonds is 5. The molecule has 3 aromatic rings. The van der Waals surface area contributed by atoms with Crippen LogP contribution in [-0.2, 0) is 12.8 Å². The average molecular weight is 347 g/mol. The largest absolute Gasteiger partial charge is 0.417 e. The third-order valence-corrected chi connectivity index (χ3v) is 3.41. The molecule has 128 valence electrons. The SMILES string of the molecule is O=C(Nc1ccc(F)c(F)c1F)c1nnc(CCc2ccccc2)o1. The summed E-state index contributed by atoms with van der Waals surface area (Å²) in [5, 5.41) is 9.38. The van der Waals surface area contributed by atoms with Crippen LogP contribution in [-0.4, -0.2) is 16.1 Å². The van der Waals surface area contributed by atoms with E-state index in [0.29, 0.717) is 18.9 Å². The van der Waals surface area contributed by atoms with Crippen LogP contribution >= 0.6 is 0 Å². The lowest BCUT2D eigenvalue weighted by atomic mass is 10.1. The first-order valence-electron chi connectivity index (χ1n) is 7.36. The fourth-order valence-electron chi connectivity index (χ4n) is 2.14. The van der Waals surface area contributed by atoms with Gasteiger partial charge in [0, 0.05) is 6.42 Å². The highest BCUT2D eigenvalue weighted by atomic mass is 19.2. The molecule has 0 spiro atoms. The standard InChI is InChI=1S/C17H12F3N3O2/c18-11-7-8-12(15(20)14(11)19)21-16(24)17-23-22-13(25-17)9-6-10-4-2-1-3-5-10/h1-5,7-8H,6,9H2,(H,21,24). The molecule has 1 N–H and O–H groups in total. The number of aryl methyl sites for hydroxylation is 2. The molecule has 0 aliphatic carbocycles. The van der Waals surface area contributed by atoms with Crippen LogP contribution in [0, 0.1) is 17.5 Å². The molecule has 0 bridgehead atoms. The minimum atomic E-state index is -1.67. The minimum absolute atomic E-state index is 0.236. The summed E-state index contributed by atoms with van der Waals surface area (Å²) in [5.74, 6) is -5.60. The summed E-state index contributed by atoms with van der Waals surface area (Å²) in [5.41, 5.74) is 0.545. The zero-order valence-corrected chi connectivity index (χ0v) is 12.8. The van der Waals surface area contributed by atoms with Crippen LogP contribution in [0.15, 0.2) is 46.9 Å². The van der Waals surface area contributed by atoms with Crippen LogP contribution in [0.3, 0.4) is 0 Å². The number of nitrogens with one attached hydrogen (secondary N) is 1. The van der Waals surface area contributed by atoms with Gasteiger partial charge in [-0.2, -0.15) is 0 Å². The Kier molecular flexibility index (Phi) is 4.78. The second kappa shape index (κ2) is 7.16. The maximum absolute atomic E-state index is 13.6. The zero-order valence-electron chi connectivity index (χ0n) is 12.8. The molecule has 1 amide bonds. The van der Waals surface area contributed by atoms with Gasteiger partial charge in [0.2, 0.25) is 5.89 Å². The van der Waals surface area contributed by atoms with Gasteiger partial charge in [-0.1, -0.05) is 30.3 Å². The molecule has 3 rings (SSSR count). The number of benzene rings is 2. The topological polar surface area (TPSA) is 68.0 Å². The molecule has 0 aliphatic heterocycles. The Balaban J connectivity index is 1.66. The number of amides is 1. The smallest absolute Gasteiger partial charge is 0.313 e. The summed E-state index contributed by atoms with van der Waals surface area (Å²) in [6.45, 7) is 0. The lowest BCUT2D eigenvalue weighted by molar-refractivity contribution is 0.0988. The van der Waals surface area contributed by atoms with E-state index in [9.17, 15) is 18.0 Å². The number of carbonyl (C=O) groups excluding carboxylic acids is 1. The van der Waals surface area contributed by atoms with E-state index in [4.69, 9.17) is 4.42 Å². The summed E-state index contributed by atoms with van der Waals surface area (Å²) in [6.07, 6.45) is 1.06. The van der Waals surface area contributed by atoms with E-state index >= 15 is 0 Å². The van der Waals surface area contributed by atoms with Gasteiger partial charge < -0.3 is 9.73 Å². The maximum atomic E-state index is 13.6. The number of hydrogen-bond donors (Lipinski definition) is 1. The van der Waals surface area contributed by atoms with Crippen molar-refractivity contribution in [1.82, 2.24) is 10.2 Å². The molecule has 0 radical (unpaired) electrons. The van der Waals surface area contributed by atoms with Crippen molar-refractivity contribution < 1.29 is 22.4 Å². The van der Waals surface area contributed by atoms with E-state index in [1.807, 2.05) is 30.3 Å². The van der Waals surface area contributed by atoms with Crippen molar-refractivity contribution in [1.29, 1.82) is 0 Å². The Bertz CT molecular complexity index is 897. The van der Waals surface area contributed by atoms with Crippen molar-refractivity contribution in [2.75, 3.05) is 5.32 Å². The summed E-state index contributed by atoms with van der Waals surface area (Å²) in [7, 11) is 0. The summed E-state index contributed by atoms with van der Waals surface area (Å²) >= 11 is 0. The van der Waals surface area contributed by atoms with E-state index < -0.39 is 34.9 Å². The number of anilines is 1. The Morgan fingerprint density at radius 3 is 2.48 bits per heavy atom. The summed E-state index contributed by atoms with van der Waals surface area (Å²) < 4.78 is 44.8. The number of nitrogens with zero attached hydrogens (tertiary/aromatic N) is 2. The highest BCUT2D eigenvalue weighted by Gasteiger charge is 2.19. The Labute approximate surface area is 140 Å². The lowest BCUT2D eigenvalue weighted by Crippen LogP contribution is -2.14. The number of carbonyl (C=O) groups is 1. The molecule has 8 heteroatoms. The molecule has 0 unspecified atom stereocenters. The maximum Gasteiger partial charge on any atom is 0.313 e. The van der Waals surface area contributed by atoms with Crippen LogP contribution in [0.2, 0.25) is 0 Å². The van der Waals surface area contributed by atoms with Gasteiger partial charge in [-0.25, -0.2) is 13.2 Å². The Hall–Kier alpha value is -3.16. The van der Waals surface area contributed by atoms with Crippen molar-refractivity contribution in [2.24, 2.45) is 0 Å². The van der Waals surface area contributed by atoms with Crippen LogP contribution in [0.25, 0.3) is 0 Å². The van der Waals surface area contributed by atoms with E-state index in [2.05, 4.69) is 15.5 Å². The molecular weight excluding hydrogens is 335 g/mol. The first-order chi connectivity index (χ1) is 12.0. The van der Waals surface area contributed by atoms with Gasteiger partial charge in [-0.3, -0.25) is 4.79 Å². The third kappa shape index (κ3) is 3.85. The molecule has 0 aliphatic rings. The van der Waals surface area contributed by atoms with Gasteiger partial charge in [-0.05, 0) is 24.1 Å². The highest BCUT2D eigenvalue weighted by Crippen LogP contribution is 2.20. The van der Waals surface area contributed by atoms with Crippen LogP contribution in [0.1, 0.15) is 22.1 Å². The molecule has 0 saturated carbocycles. The second-order valence-electron chi connectivity index (χ2n) is 5.16. The molecule has 1 heterocycles. The van der Waals surface area contributed by atoms with Gasteiger partial charge in [0.05, 0.1) is 5.69 Å². The predicted molar refractivity (Wildman–Crippen MR) is 82.4 cm³/mol. The first-order valence-corrected chi connectivity index (χ1v) is 7.36. The van der Waals surface area contributed by atoms with Crippen LogP contribution in [0.4, 0.5) is 18.9 Å². The molecular formula is C17H12F3N3O2. The molecule has 0 fully saturated rings. The van der Waals surface area contributed by atoms with E-state index in [1.54, 1.807) is 0 Å². The van der Waals surface area contributed by atoms with Gasteiger partial charge in [0.25, 0.3) is 0 Å². The number of halogens is 3. The molecule has 2 aromatic carbocycles. The molecule has 25 heavy (non-hydrogen) atoms. The fraction of sp³-hybridized carbons (Fsp3) is 0.118. The van der Waals surface area contributed by atoms with Crippen molar-refractivity contribution in [3.63, 3.8) is 0 Å². The van der Waals surface area contributed by atoms with Gasteiger partial charge in [-0.15, -0.1) is 10.2 Å². The van der Waals surface area contributed by atoms with Gasteiger partial charge in [0.15, 0.2) is 17.5 Å². The first kappa shape index (κ1) is 16.7. The van der Waals surface area contributed by atoms with Crippen LogP contribution < -0.4 is 5.32 Å². The Morgan fingerprint density at radius 1 is 0.960 bits per heavy atom. The average Bonchev–Trinajstić information content (AvgIpc) is 3.10. The third-order valence-electron chi connectivity index (χ3n) is 3.41. The zero-order chi connectivity index (χ0) is 17.8. The van der Waals surface area contributed by atoms with Crippen molar-refractivity contribution >= 4 is 11.6 Å². The minimum Gasteiger partial charge on any atom is -0.417 e. The van der Waals surface area contributed by atoms with E-state index in [-0.39, 0.29) is 5.89 Å². The second-order valence-corrected chi connectivity index (χ2v) is 5.16. The quantitative estimate of drug-likeness (QED) is 0.717.